The number of ether oxygens (including phenoxy) is 1. The van der Waals surface area contributed by atoms with Crippen molar-refractivity contribution in [3.63, 3.8) is 0 Å². The molecule has 1 atom stereocenters. The molecule has 3 aliphatic rings. The van der Waals surface area contributed by atoms with Crippen LogP contribution in [0.1, 0.15) is 59.5 Å². The zero-order valence-electron chi connectivity index (χ0n) is 21.4. The Labute approximate surface area is 224 Å². The summed E-state index contributed by atoms with van der Waals surface area (Å²) < 4.78 is 32.1. The number of morpholine rings is 1. The van der Waals surface area contributed by atoms with E-state index in [0.29, 0.717) is 50.8 Å². The van der Waals surface area contributed by atoms with Gasteiger partial charge in [-0.05, 0) is 48.4 Å². The fourth-order valence-electron chi connectivity index (χ4n) is 6.64. The maximum Gasteiger partial charge on any atom is 0.264 e. The van der Waals surface area contributed by atoms with Gasteiger partial charge in [0.05, 0.1) is 24.8 Å². The molecule has 0 spiro atoms. The number of aromatic nitrogens is 1. The number of carbonyl (C=O) groups is 2. The highest BCUT2D eigenvalue weighted by atomic mass is 32.2. The standard InChI is InChI=1S/C29H33N3O5S/c33-28(30-38(35)36)21-10-11-24-25(17-21)32-18-22(29(34)31-12-14-37-15-13-31)16-20-8-4-5-9-23(20)27(32)26(24)19-6-2-1-3-7-19/h4-5,8-11,17,19,22,38H,1-3,6-7,12-16,18H2,(H,30,33,35,36). The summed E-state index contributed by atoms with van der Waals surface area (Å²) in [5.41, 5.74) is 5.93. The Hall–Kier alpha value is -3.17. The summed E-state index contributed by atoms with van der Waals surface area (Å²) in [5.74, 6) is -0.362. The molecule has 3 heterocycles. The Bertz CT molecular complexity index is 1460. The fourth-order valence-corrected chi connectivity index (χ4v) is 6.93. The summed E-state index contributed by atoms with van der Waals surface area (Å²) in [6, 6.07) is 13.9. The molecule has 2 amide bonds. The van der Waals surface area contributed by atoms with Gasteiger partial charge in [-0.2, -0.15) is 0 Å². The minimum atomic E-state index is -3.05. The SMILES string of the molecule is O=C(N[SH](=O)=O)c1ccc2c(C3CCCCC3)c3n(c2c1)CC(C(=O)N1CCOCC1)Cc1ccccc1-3. The summed E-state index contributed by atoms with van der Waals surface area (Å²) >= 11 is 0. The summed E-state index contributed by atoms with van der Waals surface area (Å²) in [6.07, 6.45) is 6.50. The highest BCUT2D eigenvalue weighted by molar-refractivity contribution is 7.71. The number of thiol groups is 1. The van der Waals surface area contributed by atoms with Crippen LogP contribution in [0.4, 0.5) is 0 Å². The van der Waals surface area contributed by atoms with Crippen LogP contribution in [0.25, 0.3) is 22.2 Å². The molecule has 1 aromatic heterocycles. The van der Waals surface area contributed by atoms with E-state index in [1.54, 1.807) is 12.1 Å². The molecule has 2 fully saturated rings. The first-order chi connectivity index (χ1) is 18.5. The number of fused-ring (bicyclic) bond motifs is 5. The highest BCUT2D eigenvalue weighted by Crippen LogP contribution is 2.46. The van der Waals surface area contributed by atoms with Gasteiger partial charge in [-0.1, -0.05) is 49.6 Å². The molecule has 1 saturated heterocycles. The smallest absolute Gasteiger partial charge is 0.264 e. The molecule has 200 valence electrons. The predicted octanol–water partition coefficient (Wildman–Crippen LogP) is 3.64. The Balaban J connectivity index is 1.55. The van der Waals surface area contributed by atoms with Crippen molar-refractivity contribution in [3.8, 4) is 11.3 Å². The summed E-state index contributed by atoms with van der Waals surface area (Å²) in [7, 11) is -3.05. The second kappa shape index (κ2) is 10.5. The molecule has 38 heavy (non-hydrogen) atoms. The number of benzene rings is 2. The number of carbonyl (C=O) groups excluding carboxylic acids is 2. The van der Waals surface area contributed by atoms with Gasteiger partial charge in [0.25, 0.3) is 5.91 Å². The molecule has 1 saturated carbocycles. The molecule has 1 aliphatic carbocycles. The Morgan fingerprint density at radius 1 is 0.974 bits per heavy atom. The van der Waals surface area contributed by atoms with Crippen LogP contribution in [0.5, 0.6) is 0 Å². The molecule has 8 nitrogen and oxygen atoms in total. The first-order valence-corrected chi connectivity index (χ1v) is 14.8. The first-order valence-electron chi connectivity index (χ1n) is 13.6. The Morgan fingerprint density at radius 3 is 2.50 bits per heavy atom. The van der Waals surface area contributed by atoms with Crippen LogP contribution in [0, 0.1) is 5.92 Å². The molecular formula is C29H33N3O5S. The van der Waals surface area contributed by atoms with Gasteiger partial charge < -0.3 is 14.2 Å². The minimum absolute atomic E-state index is 0.134. The molecule has 2 aromatic carbocycles. The van der Waals surface area contributed by atoms with Crippen molar-refractivity contribution in [2.45, 2.75) is 51.0 Å². The molecule has 0 bridgehead atoms. The van der Waals surface area contributed by atoms with Crippen molar-refractivity contribution in [1.29, 1.82) is 0 Å². The third kappa shape index (κ3) is 4.62. The van der Waals surface area contributed by atoms with Gasteiger partial charge in [-0.25, -0.2) is 8.42 Å². The topological polar surface area (TPSA) is 97.7 Å². The largest absolute Gasteiger partial charge is 0.378 e. The second-order valence-corrected chi connectivity index (χ2v) is 11.4. The Morgan fingerprint density at radius 2 is 1.74 bits per heavy atom. The molecule has 1 unspecified atom stereocenters. The second-order valence-electron chi connectivity index (χ2n) is 10.6. The third-order valence-corrected chi connectivity index (χ3v) is 8.77. The van der Waals surface area contributed by atoms with Crippen LogP contribution >= 0.6 is 0 Å². The van der Waals surface area contributed by atoms with E-state index >= 15 is 0 Å². The van der Waals surface area contributed by atoms with E-state index in [-0.39, 0.29) is 11.8 Å². The van der Waals surface area contributed by atoms with E-state index in [9.17, 15) is 18.0 Å². The fraction of sp³-hybridized carbons (Fsp3) is 0.448. The zero-order chi connectivity index (χ0) is 26.2. The van der Waals surface area contributed by atoms with E-state index in [0.717, 1.165) is 35.0 Å². The molecule has 2 aliphatic heterocycles. The number of amides is 2. The lowest BCUT2D eigenvalue weighted by atomic mass is 9.81. The molecule has 9 heteroatoms. The average Bonchev–Trinajstić information content (AvgIpc) is 3.15. The Kier molecular flexibility index (Phi) is 6.97. The van der Waals surface area contributed by atoms with Gasteiger partial charge in [-0.3, -0.25) is 14.3 Å². The molecule has 6 rings (SSSR count). The number of hydrogen-bond donors (Lipinski definition) is 2. The van der Waals surface area contributed by atoms with Crippen LogP contribution < -0.4 is 4.72 Å². The molecule has 0 radical (unpaired) electrons. The van der Waals surface area contributed by atoms with Gasteiger partial charge in [0.1, 0.15) is 0 Å². The zero-order valence-corrected chi connectivity index (χ0v) is 22.3. The summed E-state index contributed by atoms with van der Waals surface area (Å²) in [5, 5.41) is 1.09. The number of nitrogens with one attached hydrogen (secondary N) is 1. The number of rotatable bonds is 4. The van der Waals surface area contributed by atoms with Gasteiger partial charge >= 0.3 is 0 Å². The lowest BCUT2D eigenvalue weighted by Crippen LogP contribution is -2.45. The average molecular weight is 536 g/mol. The van der Waals surface area contributed by atoms with E-state index in [1.807, 2.05) is 21.8 Å². The third-order valence-electron chi connectivity index (χ3n) is 8.39. The lowest BCUT2D eigenvalue weighted by Gasteiger charge is -2.30. The van der Waals surface area contributed by atoms with Crippen molar-refractivity contribution < 1.29 is 22.7 Å². The van der Waals surface area contributed by atoms with Crippen molar-refractivity contribution in [1.82, 2.24) is 14.2 Å². The quantitative estimate of drug-likeness (QED) is 0.497. The van der Waals surface area contributed by atoms with Crippen LogP contribution in [0.2, 0.25) is 0 Å². The van der Waals surface area contributed by atoms with Crippen LogP contribution in [-0.2, 0) is 33.4 Å². The first kappa shape index (κ1) is 25.1. The van der Waals surface area contributed by atoms with Crippen molar-refractivity contribution >= 4 is 33.6 Å². The normalized spacial score (nSPS) is 20.1. The van der Waals surface area contributed by atoms with Gasteiger partial charge in [-0.15, -0.1) is 0 Å². The van der Waals surface area contributed by atoms with E-state index in [2.05, 4.69) is 22.8 Å². The predicted molar refractivity (Wildman–Crippen MR) is 146 cm³/mol. The summed E-state index contributed by atoms with van der Waals surface area (Å²) in [6.45, 7) is 2.81. The number of hydrogen-bond acceptors (Lipinski definition) is 5. The van der Waals surface area contributed by atoms with Crippen LogP contribution in [0.15, 0.2) is 42.5 Å². The molecular weight excluding hydrogens is 502 g/mol. The minimum Gasteiger partial charge on any atom is -0.378 e. The van der Waals surface area contributed by atoms with Crippen LogP contribution in [-0.4, -0.2) is 56.0 Å². The van der Waals surface area contributed by atoms with Crippen molar-refractivity contribution in [2.75, 3.05) is 26.3 Å². The van der Waals surface area contributed by atoms with Gasteiger partial charge in [0.15, 0.2) is 0 Å². The van der Waals surface area contributed by atoms with Crippen molar-refractivity contribution in [2.24, 2.45) is 5.92 Å². The maximum atomic E-state index is 13.8. The highest BCUT2D eigenvalue weighted by Gasteiger charge is 2.34. The van der Waals surface area contributed by atoms with Crippen LogP contribution in [0.3, 0.4) is 0 Å². The van der Waals surface area contributed by atoms with Crippen molar-refractivity contribution in [3.05, 3.63) is 59.2 Å². The van der Waals surface area contributed by atoms with E-state index in [4.69, 9.17) is 4.74 Å². The number of nitrogens with zero attached hydrogens (tertiary/aromatic N) is 2. The molecule has 1 N–H and O–H groups in total. The monoisotopic (exact) mass is 535 g/mol. The molecule has 3 aromatic rings. The van der Waals surface area contributed by atoms with Gasteiger partial charge in [0, 0.05) is 41.7 Å². The van der Waals surface area contributed by atoms with E-state index in [1.165, 1.54) is 30.4 Å². The van der Waals surface area contributed by atoms with Gasteiger partial charge in [0.2, 0.25) is 16.8 Å². The lowest BCUT2D eigenvalue weighted by molar-refractivity contribution is -0.140. The van der Waals surface area contributed by atoms with E-state index < -0.39 is 16.8 Å². The maximum absolute atomic E-state index is 13.8. The summed E-state index contributed by atoms with van der Waals surface area (Å²) in [4.78, 5) is 28.4.